The minimum absolute atomic E-state index is 0.0151. The van der Waals surface area contributed by atoms with Crippen molar-refractivity contribution in [3.05, 3.63) is 53.2 Å². The number of halogens is 2. The average molecular weight is 369 g/mol. The predicted octanol–water partition coefficient (Wildman–Crippen LogP) is 3.83. The highest BCUT2D eigenvalue weighted by molar-refractivity contribution is 7.94. The van der Waals surface area contributed by atoms with Crippen LogP contribution < -0.4 is 4.72 Å². The minimum atomic E-state index is -3.97. The largest absolute Gasteiger partial charge is 0.282 e. The van der Waals surface area contributed by atoms with Gasteiger partial charge in [0.1, 0.15) is 21.5 Å². The molecule has 0 saturated carbocycles. The van der Waals surface area contributed by atoms with E-state index in [1.165, 1.54) is 6.07 Å². The molecule has 3 rings (SSSR count). The van der Waals surface area contributed by atoms with Gasteiger partial charge in [-0.25, -0.2) is 17.2 Å². The molecule has 1 aromatic carbocycles. The number of H-pyrrole nitrogens is 1. The first kappa shape index (κ1) is 16.6. The monoisotopic (exact) mass is 369 g/mol. The van der Waals surface area contributed by atoms with Crippen LogP contribution in [0.15, 0.2) is 34.5 Å². The van der Waals surface area contributed by atoms with Crippen molar-refractivity contribution in [3.8, 4) is 10.6 Å². The maximum atomic E-state index is 13.6. The zero-order valence-corrected chi connectivity index (χ0v) is 14.4. The van der Waals surface area contributed by atoms with Crippen LogP contribution in [0.1, 0.15) is 11.3 Å². The second-order valence-corrected chi connectivity index (χ2v) is 8.16. The Morgan fingerprint density at radius 3 is 2.54 bits per heavy atom. The van der Waals surface area contributed by atoms with Crippen LogP contribution in [0.2, 0.25) is 0 Å². The fourth-order valence-electron chi connectivity index (χ4n) is 2.08. The molecular weight excluding hydrogens is 356 g/mol. The van der Waals surface area contributed by atoms with Crippen molar-refractivity contribution in [1.82, 2.24) is 10.2 Å². The number of thiophene rings is 1. The van der Waals surface area contributed by atoms with Gasteiger partial charge in [0.15, 0.2) is 0 Å². The summed E-state index contributed by atoms with van der Waals surface area (Å²) in [5.74, 6) is -1.76. The Labute approximate surface area is 141 Å². The quantitative estimate of drug-likeness (QED) is 0.734. The lowest BCUT2D eigenvalue weighted by atomic mass is 10.2. The number of sulfonamides is 1. The molecule has 24 heavy (non-hydrogen) atoms. The van der Waals surface area contributed by atoms with E-state index in [9.17, 15) is 17.2 Å². The number of hydrogen-bond acceptors (Lipinski definition) is 4. The van der Waals surface area contributed by atoms with Gasteiger partial charge in [-0.3, -0.25) is 9.82 Å². The van der Waals surface area contributed by atoms with E-state index in [2.05, 4.69) is 14.9 Å². The molecule has 2 aromatic heterocycles. The highest BCUT2D eigenvalue weighted by Crippen LogP contribution is 2.33. The SMILES string of the molecule is Cc1[nH]nc(-c2ccc(S(=O)(=O)Nc3ccc(F)cc3F)s2)c1C. The van der Waals surface area contributed by atoms with Crippen LogP contribution in [0.25, 0.3) is 10.6 Å². The van der Waals surface area contributed by atoms with E-state index in [1.54, 1.807) is 6.07 Å². The van der Waals surface area contributed by atoms with Gasteiger partial charge in [-0.15, -0.1) is 11.3 Å². The van der Waals surface area contributed by atoms with E-state index in [1.807, 2.05) is 13.8 Å². The van der Waals surface area contributed by atoms with Gasteiger partial charge in [0.25, 0.3) is 10.0 Å². The van der Waals surface area contributed by atoms with E-state index in [0.29, 0.717) is 16.6 Å². The zero-order valence-electron chi connectivity index (χ0n) is 12.7. The Morgan fingerprint density at radius 1 is 1.17 bits per heavy atom. The molecule has 0 amide bonds. The average Bonchev–Trinajstić information content (AvgIpc) is 3.11. The van der Waals surface area contributed by atoms with Crippen LogP contribution in [0.4, 0.5) is 14.5 Å². The van der Waals surface area contributed by atoms with Gasteiger partial charge in [0.2, 0.25) is 0 Å². The summed E-state index contributed by atoms with van der Waals surface area (Å²) in [5, 5.41) is 7.00. The van der Waals surface area contributed by atoms with Crippen molar-refractivity contribution in [2.24, 2.45) is 0 Å². The summed E-state index contributed by atoms with van der Waals surface area (Å²) >= 11 is 1.02. The molecule has 0 saturated heterocycles. The number of aromatic amines is 1. The van der Waals surface area contributed by atoms with Crippen molar-refractivity contribution < 1.29 is 17.2 Å². The molecule has 0 fully saturated rings. The van der Waals surface area contributed by atoms with Gasteiger partial charge >= 0.3 is 0 Å². The summed E-state index contributed by atoms with van der Waals surface area (Å²) in [6.07, 6.45) is 0. The molecule has 2 N–H and O–H groups in total. The second kappa shape index (κ2) is 5.99. The van der Waals surface area contributed by atoms with E-state index in [4.69, 9.17) is 0 Å². The molecule has 0 atom stereocenters. The summed E-state index contributed by atoms with van der Waals surface area (Å²) in [6.45, 7) is 3.75. The molecule has 0 bridgehead atoms. The number of anilines is 1. The fourth-order valence-corrected chi connectivity index (χ4v) is 4.50. The number of aryl methyl sites for hydroxylation is 1. The topological polar surface area (TPSA) is 74.8 Å². The van der Waals surface area contributed by atoms with Gasteiger partial charge in [0.05, 0.1) is 10.6 Å². The third kappa shape index (κ3) is 3.04. The standard InChI is InChI=1S/C15H13F2N3O2S2/c1-8-9(2)18-19-15(8)13-5-6-14(23-13)24(21,22)20-12-4-3-10(16)7-11(12)17/h3-7,20H,1-2H3,(H,18,19). The van der Waals surface area contributed by atoms with Crippen molar-refractivity contribution in [2.75, 3.05) is 4.72 Å². The molecule has 126 valence electrons. The smallest absolute Gasteiger partial charge is 0.271 e. The van der Waals surface area contributed by atoms with Crippen LogP contribution in [0.5, 0.6) is 0 Å². The third-order valence-corrected chi connectivity index (χ3v) is 6.46. The maximum absolute atomic E-state index is 13.6. The van der Waals surface area contributed by atoms with Crippen LogP contribution in [-0.4, -0.2) is 18.6 Å². The van der Waals surface area contributed by atoms with Gasteiger partial charge in [-0.2, -0.15) is 5.10 Å². The normalized spacial score (nSPS) is 11.7. The lowest BCUT2D eigenvalue weighted by Crippen LogP contribution is -2.12. The summed E-state index contributed by atoms with van der Waals surface area (Å²) in [5.41, 5.74) is 2.19. The van der Waals surface area contributed by atoms with E-state index < -0.39 is 21.7 Å². The van der Waals surface area contributed by atoms with Crippen LogP contribution in [-0.2, 0) is 10.0 Å². The summed E-state index contributed by atoms with van der Waals surface area (Å²) in [4.78, 5) is 0.678. The first-order valence-electron chi connectivity index (χ1n) is 6.87. The molecule has 0 unspecified atom stereocenters. The van der Waals surface area contributed by atoms with E-state index >= 15 is 0 Å². The molecule has 0 spiro atoms. The Balaban J connectivity index is 1.92. The zero-order chi connectivity index (χ0) is 17.5. The molecule has 0 aliphatic carbocycles. The van der Waals surface area contributed by atoms with Crippen LogP contribution in [0.3, 0.4) is 0 Å². The molecule has 9 heteroatoms. The molecule has 5 nitrogen and oxygen atoms in total. The van der Waals surface area contributed by atoms with Crippen molar-refractivity contribution >= 4 is 27.0 Å². The summed E-state index contributed by atoms with van der Waals surface area (Å²) < 4.78 is 53.5. The Morgan fingerprint density at radius 2 is 1.92 bits per heavy atom. The maximum Gasteiger partial charge on any atom is 0.271 e. The summed E-state index contributed by atoms with van der Waals surface area (Å²) in [6, 6.07) is 5.71. The van der Waals surface area contributed by atoms with Crippen LogP contribution >= 0.6 is 11.3 Å². The van der Waals surface area contributed by atoms with Gasteiger partial charge in [0, 0.05) is 11.8 Å². The van der Waals surface area contributed by atoms with Crippen molar-refractivity contribution in [2.45, 2.75) is 18.1 Å². The highest BCUT2D eigenvalue weighted by Gasteiger charge is 2.21. The van der Waals surface area contributed by atoms with Crippen LogP contribution in [0, 0.1) is 25.5 Å². The summed E-state index contributed by atoms with van der Waals surface area (Å²) in [7, 11) is -3.97. The molecule has 0 aliphatic rings. The van der Waals surface area contributed by atoms with Gasteiger partial charge < -0.3 is 0 Å². The van der Waals surface area contributed by atoms with Crippen molar-refractivity contribution in [1.29, 1.82) is 0 Å². The second-order valence-electron chi connectivity index (χ2n) is 5.17. The number of aromatic nitrogens is 2. The molecule has 3 aromatic rings. The molecule has 2 heterocycles. The first-order valence-corrected chi connectivity index (χ1v) is 9.17. The Kier molecular flexibility index (Phi) is 4.14. The predicted molar refractivity (Wildman–Crippen MR) is 88.5 cm³/mol. The minimum Gasteiger partial charge on any atom is -0.282 e. The van der Waals surface area contributed by atoms with Gasteiger partial charge in [-0.05, 0) is 43.7 Å². The van der Waals surface area contributed by atoms with Gasteiger partial charge in [-0.1, -0.05) is 0 Å². The molecular formula is C15H13F2N3O2S2. The lowest BCUT2D eigenvalue weighted by molar-refractivity contribution is 0.583. The Hall–Kier alpha value is -2.26. The highest BCUT2D eigenvalue weighted by atomic mass is 32.2. The van der Waals surface area contributed by atoms with Crippen molar-refractivity contribution in [3.63, 3.8) is 0 Å². The van der Waals surface area contributed by atoms with E-state index in [0.717, 1.165) is 34.7 Å². The fraction of sp³-hybridized carbons (Fsp3) is 0.133. The number of nitrogens with zero attached hydrogens (tertiary/aromatic N) is 1. The molecule has 0 radical (unpaired) electrons. The first-order chi connectivity index (χ1) is 11.3. The number of rotatable bonds is 4. The molecule has 0 aliphatic heterocycles. The number of benzene rings is 1. The van der Waals surface area contributed by atoms with E-state index in [-0.39, 0.29) is 9.90 Å². The lowest BCUT2D eigenvalue weighted by Gasteiger charge is -2.07. The third-order valence-electron chi connectivity index (χ3n) is 3.51. The number of nitrogens with one attached hydrogen (secondary N) is 2. The number of hydrogen-bond donors (Lipinski definition) is 2. The Bertz CT molecular complexity index is 1010.